The van der Waals surface area contributed by atoms with Gasteiger partial charge >= 0.3 is 5.97 Å². The van der Waals surface area contributed by atoms with E-state index < -0.39 is 16.6 Å². The van der Waals surface area contributed by atoms with Gasteiger partial charge in [0.25, 0.3) is 0 Å². The molecule has 6 rings (SSSR count). The van der Waals surface area contributed by atoms with E-state index in [1.54, 1.807) is 0 Å². The van der Waals surface area contributed by atoms with Crippen LogP contribution in [0, 0.1) is 5.41 Å². The van der Waals surface area contributed by atoms with Crippen LogP contribution in [0.4, 0.5) is 5.69 Å². The maximum atomic E-state index is 12.8. The van der Waals surface area contributed by atoms with Crippen molar-refractivity contribution in [2.75, 3.05) is 19.0 Å². The van der Waals surface area contributed by atoms with Crippen LogP contribution in [0.15, 0.2) is 47.7 Å². The van der Waals surface area contributed by atoms with E-state index in [-0.39, 0.29) is 18.3 Å². The monoisotopic (exact) mass is 366 g/mol. The van der Waals surface area contributed by atoms with E-state index in [1.165, 1.54) is 7.11 Å². The largest absolute Gasteiger partial charge is 0.466 e. The number of fused-ring (bicyclic) bond motifs is 1. The fraction of sp³-hybridized carbons (Fsp3) is 0.476. The molecule has 0 radical (unpaired) electrons. The average Bonchev–Trinajstić information content (AvgIpc) is 3.11. The first kappa shape index (κ1) is 15.9. The smallest absolute Gasteiger partial charge is 0.335 e. The first-order valence-corrected chi connectivity index (χ1v) is 9.50. The summed E-state index contributed by atoms with van der Waals surface area (Å²) >= 11 is 0. The van der Waals surface area contributed by atoms with Crippen LogP contribution in [-0.2, 0) is 19.7 Å². The zero-order valence-corrected chi connectivity index (χ0v) is 15.4. The fourth-order valence-corrected chi connectivity index (χ4v) is 6.52. The minimum atomic E-state index is -1.15. The van der Waals surface area contributed by atoms with Crippen molar-refractivity contribution in [3.63, 3.8) is 0 Å². The van der Waals surface area contributed by atoms with Gasteiger partial charge in [-0.3, -0.25) is 0 Å². The van der Waals surface area contributed by atoms with E-state index in [1.807, 2.05) is 25.1 Å². The zero-order chi connectivity index (χ0) is 18.6. The number of aliphatic hydroxyl groups is 1. The van der Waals surface area contributed by atoms with Gasteiger partial charge in [0, 0.05) is 24.4 Å². The third-order valence-electron chi connectivity index (χ3n) is 7.57. The van der Waals surface area contributed by atoms with Gasteiger partial charge in [0.1, 0.15) is 12.0 Å². The molecular weight excluding hydrogens is 344 g/mol. The molecule has 1 aromatic rings. The van der Waals surface area contributed by atoms with Gasteiger partial charge in [0.05, 0.1) is 29.6 Å². The van der Waals surface area contributed by atoms with Gasteiger partial charge < -0.3 is 19.9 Å². The zero-order valence-electron chi connectivity index (χ0n) is 15.4. The quantitative estimate of drug-likeness (QED) is 0.584. The van der Waals surface area contributed by atoms with Gasteiger partial charge in [-0.2, -0.15) is 0 Å². The van der Waals surface area contributed by atoms with Gasteiger partial charge in [-0.1, -0.05) is 30.4 Å². The van der Waals surface area contributed by atoms with Crippen molar-refractivity contribution in [3.05, 3.63) is 53.3 Å². The van der Waals surface area contributed by atoms with Crippen molar-refractivity contribution in [3.8, 4) is 0 Å². The molecule has 2 saturated heterocycles. The van der Waals surface area contributed by atoms with Crippen molar-refractivity contribution in [2.45, 2.75) is 43.2 Å². The molecule has 4 aliphatic heterocycles. The van der Waals surface area contributed by atoms with Gasteiger partial charge in [-0.25, -0.2) is 9.69 Å². The second-order valence-electron chi connectivity index (χ2n) is 8.30. The Hall–Kier alpha value is -2.15. The summed E-state index contributed by atoms with van der Waals surface area (Å²) in [6.07, 6.45) is 4.77. The van der Waals surface area contributed by atoms with Crippen LogP contribution in [0.2, 0.25) is 0 Å². The number of ether oxygens (including phenoxy) is 2. The second-order valence-corrected chi connectivity index (χ2v) is 8.30. The van der Waals surface area contributed by atoms with Crippen molar-refractivity contribution in [1.82, 2.24) is 4.90 Å². The maximum absolute atomic E-state index is 12.8. The van der Waals surface area contributed by atoms with Crippen LogP contribution in [0.25, 0.3) is 0 Å². The Morgan fingerprint density at radius 2 is 2.22 bits per heavy atom. The molecule has 5 aliphatic rings. The number of carbonyl (C=O) groups is 1. The minimum absolute atomic E-state index is 0.192. The first-order chi connectivity index (χ1) is 13.0. The Bertz CT molecular complexity index is 955. The maximum Gasteiger partial charge on any atom is 0.335 e. The van der Waals surface area contributed by atoms with E-state index >= 15 is 0 Å². The van der Waals surface area contributed by atoms with Gasteiger partial charge in [0.15, 0.2) is 0 Å². The number of nitrogens with zero attached hydrogens (tertiary/aromatic N) is 1. The number of benzene rings is 1. The number of methoxy groups -OCH3 is 1. The lowest BCUT2D eigenvalue weighted by Crippen LogP contribution is -2.75. The van der Waals surface area contributed by atoms with Crippen LogP contribution in [0.1, 0.15) is 25.3 Å². The lowest BCUT2D eigenvalue weighted by atomic mass is 9.52. The molecule has 6 heteroatoms. The predicted molar refractivity (Wildman–Crippen MR) is 97.6 cm³/mol. The third-order valence-corrected chi connectivity index (χ3v) is 7.57. The third kappa shape index (κ3) is 1.41. The van der Waals surface area contributed by atoms with E-state index in [0.717, 1.165) is 16.9 Å². The van der Waals surface area contributed by atoms with Gasteiger partial charge in [-0.15, -0.1) is 0 Å². The molecule has 1 aliphatic carbocycles. The molecule has 6 unspecified atom stereocenters. The van der Waals surface area contributed by atoms with Crippen LogP contribution in [0.3, 0.4) is 0 Å². The molecule has 4 heterocycles. The molecule has 1 aromatic carbocycles. The standard InChI is InChI=1S/C21H22N2O4/c1-12-19-8-5-9-23-16(27-12)11-20(21(19,23)25)14-6-3-4-7-15(14)22-17(20)13(10-19)18(24)26-2/h3-8,12,16,22,25H,9-11H2,1-2H3. The van der Waals surface area contributed by atoms with Crippen LogP contribution >= 0.6 is 0 Å². The molecular formula is C21H22N2O4. The van der Waals surface area contributed by atoms with Gasteiger partial charge in [0.2, 0.25) is 0 Å². The highest BCUT2D eigenvalue weighted by Crippen LogP contribution is 2.72. The highest BCUT2D eigenvalue weighted by molar-refractivity contribution is 5.93. The molecule has 4 bridgehead atoms. The molecule has 0 aromatic heterocycles. The summed E-state index contributed by atoms with van der Waals surface area (Å²) < 4.78 is 11.6. The molecule has 2 N–H and O–H groups in total. The van der Waals surface area contributed by atoms with Crippen LogP contribution in [0.5, 0.6) is 0 Å². The number of anilines is 1. The summed E-state index contributed by atoms with van der Waals surface area (Å²) in [6, 6.07) is 8.04. The summed E-state index contributed by atoms with van der Waals surface area (Å²) in [5.74, 6) is -0.339. The SMILES string of the molecule is COC(=O)C1=C2Nc3ccccc3C23CC2OC(C)C4(C=CCN2C34O)C1. The molecule has 1 spiro atoms. The second kappa shape index (κ2) is 4.63. The average molecular weight is 366 g/mol. The van der Waals surface area contributed by atoms with Crippen LogP contribution < -0.4 is 5.32 Å². The fourth-order valence-electron chi connectivity index (χ4n) is 6.52. The molecule has 140 valence electrons. The molecule has 6 atom stereocenters. The normalized spacial score (nSPS) is 45.2. The summed E-state index contributed by atoms with van der Waals surface area (Å²) in [5, 5.41) is 16.0. The minimum Gasteiger partial charge on any atom is -0.466 e. The summed E-state index contributed by atoms with van der Waals surface area (Å²) in [7, 11) is 1.41. The van der Waals surface area contributed by atoms with Crippen molar-refractivity contribution in [2.24, 2.45) is 5.41 Å². The Morgan fingerprint density at radius 1 is 1.41 bits per heavy atom. The van der Waals surface area contributed by atoms with Crippen molar-refractivity contribution < 1.29 is 19.4 Å². The Labute approximate surface area is 157 Å². The van der Waals surface area contributed by atoms with Gasteiger partial charge in [-0.05, 0) is 25.0 Å². The lowest BCUT2D eigenvalue weighted by Gasteiger charge is -2.63. The summed E-state index contributed by atoms with van der Waals surface area (Å²) in [5.41, 5.74) is 0.799. The lowest BCUT2D eigenvalue weighted by molar-refractivity contribution is -0.302. The van der Waals surface area contributed by atoms with Crippen LogP contribution in [-0.4, -0.2) is 47.7 Å². The molecule has 27 heavy (non-hydrogen) atoms. The molecule has 6 nitrogen and oxygen atoms in total. The Morgan fingerprint density at radius 3 is 3.04 bits per heavy atom. The topological polar surface area (TPSA) is 71.0 Å². The number of esters is 1. The Balaban J connectivity index is 1.76. The highest BCUT2D eigenvalue weighted by Gasteiger charge is 2.80. The number of nitrogens with one attached hydrogen (secondary N) is 1. The summed E-state index contributed by atoms with van der Waals surface area (Å²) in [4.78, 5) is 14.9. The number of para-hydroxylation sites is 1. The molecule has 2 fully saturated rings. The van der Waals surface area contributed by atoms with E-state index in [9.17, 15) is 9.90 Å². The number of hydrogen-bond donors (Lipinski definition) is 2. The van der Waals surface area contributed by atoms with Crippen molar-refractivity contribution in [1.29, 1.82) is 0 Å². The Kier molecular flexibility index (Phi) is 2.72. The van der Waals surface area contributed by atoms with E-state index in [4.69, 9.17) is 9.47 Å². The highest BCUT2D eigenvalue weighted by atomic mass is 16.5. The van der Waals surface area contributed by atoms with E-state index in [2.05, 4.69) is 28.4 Å². The summed E-state index contributed by atoms with van der Waals surface area (Å²) in [6.45, 7) is 2.65. The van der Waals surface area contributed by atoms with E-state index in [0.29, 0.717) is 25.0 Å². The van der Waals surface area contributed by atoms with Crippen molar-refractivity contribution >= 4 is 11.7 Å². The molecule has 0 amide bonds. The number of rotatable bonds is 1. The number of carbonyl (C=O) groups excluding carboxylic acids is 1. The molecule has 0 saturated carbocycles. The first-order valence-electron chi connectivity index (χ1n) is 9.50. The predicted octanol–water partition coefficient (Wildman–Crippen LogP) is 1.88. The number of hydrogen-bond acceptors (Lipinski definition) is 6.